The smallest absolute Gasteiger partial charge is 0.379 e. The van der Waals surface area contributed by atoms with E-state index in [1.54, 1.807) is 12.4 Å². The Kier molecular flexibility index (Phi) is 11.1. The first-order valence-electron chi connectivity index (χ1n) is 14.4. The van der Waals surface area contributed by atoms with Crippen LogP contribution < -0.4 is 0 Å². The zero-order valence-corrected chi connectivity index (χ0v) is 24.7. The fourth-order valence-corrected chi connectivity index (χ4v) is 5.46. The highest BCUT2D eigenvalue weighted by Gasteiger charge is 2.71. The van der Waals surface area contributed by atoms with Crippen LogP contribution in [-0.4, -0.2) is 84.3 Å². The van der Waals surface area contributed by atoms with Crippen molar-refractivity contribution >= 4 is 0 Å². The van der Waals surface area contributed by atoms with E-state index in [1.807, 2.05) is 44.2 Å². The molecule has 1 N–H and O–H groups in total. The van der Waals surface area contributed by atoms with Crippen molar-refractivity contribution in [2.45, 2.75) is 50.9 Å². The summed E-state index contributed by atoms with van der Waals surface area (Å²) in [6, 6.07) is 13.5. The number of hydrogen-bond acceptors (Lipinski definition) is 6. The Morgan fingerprint density at radius 3 is 2.11 bits per heavy atom. The normalized spacial score (nSPS) is 17.2. The molecule has 2 aromatic carbocycles. The SMILES string of the molecule is CCOCCOCC1CN(Cc2ccncc2)CCN1Cc1ccc(-c2ccc(C(O)(C(F)(F)F)C(F)(F)F)cc2)c(C)c1. The molecule has 1 fully saturated rings. The first-order valence-corrected chi connectivity index (χ1v) is 14.4. The molecule has 240 valence electrons. The summed E-state index contributed by atoms with van der Waals surface area (Å²) in [5, 5.41) is 9.69. The molecule has 0 bridgehead atoms. The van der Waals surface area contributed by atoms with E-state index < -0.39 is 23.5 Å². The summed E-state index contributed by atoms with van der Waals surface area (Å²) in [4.78, 5) is 8.84. The molecular formula is C32H37F6N3O3. The Morgan fingerprint density at radius 1 is 0.841 bits per heavy atom. The van der Waals surface area contributed by atoms with Gasteiger partial charge in [-0.2, -0.15) is 26.3 Å². The summed E-state index contributed by atoms with van der Waals surface area (Å²) in [7, 11) is 0. The topological polar surface area (TPSA) is 58.1 Å². The highest BCUT2D eigenvalue weighted by Crippen LogP contribution is 2.50. The Morgan fingerprint density at radius 2 is 1.50 bits per heavy atom. The van der Waals surface area contributed by atoms with Gasteiger partial charge in [-0.3, -0.25) is 14.8 Å². The summed E-state index contributed by atoms with van der Waals surface area (Å²) < 4.78 is 91.0. The summed E-state index contributed by atoms with van der Waals surface area (Å²) in [5.41, 5.74) is -2.11. The van der Waals surface area contributed by atoms with Gasteiger partial charge in [0.25, 0.3) is 5.60 Å². The van der Waals surface area contributed by atoms with Gasteiger partial charge in [-0.15, -0.1) is 0 Å². The Labute approximate surface area is 253 Å². The number of pyridine rings is 1. The maximum absolute atomic E-state index is 13.3. The molecule has 0 radical (unpaired) electrons. The van der Waals surface area contributed by atoms with Gasteiger partial charge >= 0.3 is 12.4 Å². The van der Waals surface area contributed by atoms with Crippen molar-refractivity contribution in [2.24, 2.45) is 0 Å². The third-order valence-corrected chi connectivity index (χ3v) is 7.84. The summed E-state index contributed by atoms with van der Waals surface area (Å²) >= 11 is 0. The van der Waals surface area contributed by atoms with E-state index in [9.17, 15) is 31.4 Å². The standard InChI is InChI=1S/C32H37F6N3O3/c1-3-43-16-17-44-22-28-21-40(19-24-10-12-39-13-11-24)14-15-41(28)20-25-4-9-29(23(2)18-25)26-5-7-27(8-6-26)30(42,31(33,34)35)32(36,37)38/h4-13,18,28,42H,3,14-17,19-22H2,1-2H3. The van der Waals surface area contributed by atoms with E-state index in [0.717, 1.165) is 49.4 Å². The highest BCUT2D eigenvalue weighted by molar-refractivity contribution is 5.68. The molecule has 1 aliphatic heterocycles. The van der Waals surface area contributed by atoms with Crippen molar-refractivity contribution < 1.29 is 40.9 Å². The van der Waals surface area contributed by atoms with Gasteiger partial charge in [-0.1, -0.05) is 42.5 Å². The van der Waals surface area contributed by atoms with Crippen molar-refractivity contribution in [3.05, 3.63) is 89.2 Å². The van der Waals surface area contributed by atoms with Crippen LogP contribution in [0.5, 0.6) is 0 Å². The van der Waals surface area contributed by atoms with Gasteiger partial charge in [0.05, 0.1) is 19.8 Å². The minimum Gasteiger partial charge on any atom is -0.379 e. The molecule has 4 rings (SSSR count). The zero-order valence-electron chi connectivity index (χ0n) is 24.7. The lowest BCUT2D eigenvalue weighted by Crippen LogP contribution is -2.54. The van der Waals surface area contributed by atoms with Gasteiger partial charge in [0.2, 0.25) is 0 Å². The van der Waals surface area contributed by atoms with E-state index in [1.165, 1.54) is 5.56 Å². The number of nitrogens with zero attached hydrogens (tertiary/aromatic N) is 3. The first-order chi connectivity index (χ1) is 20.8. The fourth-order valence-electron chi connectivity index (χ4n) is 5.46. The maximum atomic E-state index is 13.3. The summed E-state index contributed by atoms with van der Waals surface area (Å²) in [6.07, 6.45) is -8.29. The Hall–Kier alpha value is -3.03. The third kappa shape index (κ3) is 7.97. The zero-order chi connectivity index (χ0) is 32.0. The van der Waals surface area contributed by atoms with Gasteiger partial charge in [0, 0.05) is 63.3 Å². The van der Waals surface area contributed by atoms with Crippen LogP contribution in [0, 0.1) is 6.92 Å². The van der Waals surface area contributed by atoms with Crippen LogP contribution in [0.1, 0.15) is 29.2 Å². The molecule has 1 atom stereocenters. The molecule has 1 aromatic heterocycles. The van der Waals surface area contributed by atoms with Crippen LogP contribution >= 0.6 is 0 Å². The number of alkyl halides is 6. The molecule has 2 heterocycles. The number of benzene rings is 2. The predicted octanol–water partition coefficient (Wildman–Crippen LogP) is 6.11. The van der Waals surface area contributed by atoms with E-state index >= 15 is 0 Å². The third-order valence-electron chi connectivity index (χ3n) is 7.84. The summed E-state index contributed by atoms with van der Waals surface area (Å²) in [5.74, 6) is 0. The molecule has 44 heavy (non-hydrogen) atoms. The lowest BCUT2D eigenvalue weighted by atomic mass is 9.90. The number of rotatable bonds is 12. The Bertz CT molecular complexity index is 1320. The number of piperazine rings is 1. The first kappa shape index (κ1) is 33.9. The number of aryl methyl sites for hydroxylation is 1. The van der Waals surface area contributed by atoms with Crippen molar-refractivity contribution in [1.82, 2.24) is 14.8 Å². The van der Waals surface area contributed by atoms with Crippen molar-refractivity contribution in [2.75, 3.05) is 46.1 Å². The van der Waals surface area contributed by atoms with Crippen LogP contribution in [0.15, 0.2) is 67.0 Å². The molecule has 3 aromatic rings. The van der Waals surface area contributed by atoms with Crippen molar-refractivity contribution in [3.8, 4) is 11.1 Å². The number of hydrogen-bond donors (Lipinski definition) is 1. The van der Waals surface area contributed by atoms with Gasteiger partial charge in [-0.25, -0.2) is 0 Å². The molecule has 1 saturated heterocycles. The van der Waals surface area contributed by atoms with Crippen molar-refractivity contribution in [3.63, 3.8) is 0 Å². The van der Waals surface area contributed by atoms with E-state index in [0.29, 0.717) is 56.2 Å². The minimum atomic E-state index is -5.93. The molecule has 0 spiro atoms. The quantitative estimate of drug-likeness (QED) is 0.194. The van der Waals surface area contributed by atoms with E-state index in [-0.39, 0.29) is 6.04 Å². The second-order valence-corrected chi connectivity index (χ2v) is 10.9. The minimum absolute atomic E-state index is 0.126. The van der Waals surface area contributed by atoms with Crippen LogP contribution in [-0.2, 0) is 28.2 Å². The predicted molar refractivity (Wildman–Crippen MR) is 154 cm³/mol. The van der Waals surface area contributed by atoms with Crippen LogP contribution in [0.25, 0.3) is 11.1 Å². The van der Waals surface area contributed by atoms with Crippen LogP contribution in [0.3, 0.4) is 0 Å². The number of aromatic nitrogens is 1. The molecule has 0 saturated carbocycles. The average molecular weight is 626 g/mol. The number of ether oxygens (including phenoxy) is 2. The number of aliphatic hydroxyl groups is 1. The summed E-state index contributed by atoms with van der Waals surface area (Å²) in [6.45, 7) is 9.90. The van der Waals surface area contributed by atoms with Gasteiger partial charge < -0.3 is 14.6 Å². The van der Waals surface area contributed by atoms with Crippen molar-refractivity contribution in [1.29, 1.82) is 0 Å². The second kappa shape index (κ2) is 14.4. The fraction of sp³-hybridized carbons (Fsp3) is 0.469. The van der Waals surface area contributed by atoms with E-state index in [4.69, 9.17) is 9.47 Å². The van der Waals surface area contributed by atoms with Crippen LogP contribution in [0.4, 0.5) is 26.3 Å². The number of halogens is 6. The molecular weight excluding hydrogens is 588 g/mol. The molecule has 0 amide bonds. The van der Waals surface area contributed by atoms with Gasteiger partial charge in [0.1, 0.15) is 0 Å². The molecule has 12 heteroatoms. The lowest BCUT2D eigenvalue weighted by Gasteiger charge is -2.41. The molecule has 1 unspecified atom stereocenters. The van der Waals surface area contributed by atoms with Gasteiger partial charge in [0.15, 0.2) is 0 Å². The highest BCUT2D eigenvalue weighted by atomic mass is 19.4. The Balaban J connectivity index is 1.47. The monoisotopic (exact) mass is 625 g/mol. The molecule has 6 nitrogen and oxygen atoms in total. The maximum Gasteiger partial charge on any atom is 0.430 e. The largest absolute Gasteiger partial charge is 0.430 e. The molecule has 0 aliphatic carbocycles. The lowest BCUT2D eigenvalue weighted by molar-refractivity contribution is -0.376. The average Bonchev–Trinajstić information content (AvgIpc) is 2.97. The second-order valence-electron chi connectivity index (χ2n) is 10.9. The molecule has 1 aliphatic rings. The van der Waals surface area contributed by atoms with E-state index in [2.05, 4.69) is 14.8 Å². The van der Waals surface area contributed by atoms with Gasteiger partial charge in [-0.05, 0) is 53.8 Å². The van der Waals surface area contributed by atoms with Crippen LogP contribution in [0.2, 0.25) is 0 Å².